The second-order valence-electron chi connectivity index (χ2n) is 15.1. The molecular formula is C55H37N3O. The van der Waals surface area contributed by atoms with Gasteiger partial charge in [0.15, 0.2) is 17.5 Å². The molecule has 0 saturated heterocycles. The summed E-state index contributed by atoms with van der Waals surface area (Å²) in [4.78, 5) is 15.4. The molecule has 4 heteroatoms. The summed E-state index contributed by atoms with van der Waals surface area (Å²) in [6.07, 6.45) is 9.80. The summed E-state index contributed by atoms with van der Waals surface area (Å²) >= 11 is 0. The minimum Gasteiger partial charge on any atom is -0.456 e. The maximum absolute atomic E-state index is 6.58. The molecule has 0 spiro atoms. The lowest BCUT2D eigenvalue weighted by Gasteiger charge is -2.14. The molecule has 11 rings (SSSR count). The molecule has 2 aromatic heterocycles. The van der Waals surface area contributed by atoms with E-state index in [4.69, 9.17) is 19.4 Å². The van der Waals surface area contributed by atoms with Crippen LogP contribution in [0.5, 0.6) is 0 Å². The number of furan rings is 1. The van der Waals surface area contributed by atoms with Gasteiger partial charge < -0.3 is 4.42 Å². The maximum Gasteiger partial charge on any atom is 0.164 e. The molecule has 278 valence electrons. The number of hydrogen-bond acceptors (Lipinski definition) is 4. The third kappa shape index (κ3) is 6.51. The van der Waals surface area contributed by atoms with E-state index < -0.39 is 0 Å². The maximum atomic E-state index is 6.58. The van der Waals surface area contributed by atoms with Crippen LogP contribution >= 0.6 is 0 Å². The van der Waals surface area contributed by atoms with Crippen molar-refractivity contribution in [1.82, 2.24) is 15.0 Å². The van der Waals surface area contributed by atoms with Gasteiger partial charge in [0.1, 0.15) is 11.2 Å². The molecule has 0 fully saturated rings. The molecule has 0 N–H and O–H groups in total. The number of nitrogens with zero attached hydrogens (tertiary/aromatic N) is 3. The molecular weight excluding hydrogens is 719 g/mol. The lowest BCUT2D eigenvalue weighted by Crippen LogP contribution is -2.00. The number of fused-ring (bicyclic) bond motifs is 4. The Morgan fingerprint density at radius 2 is 0.898 bits per heavy atom. The Bertz CT molecular complexity index is 3220. The largest absolute Gasteiger partial charge is 0.456 e. The number of aromatic nitrogens is 3. The first-order chi connectivity index (χ1) is 29.2. The zero-order valence-electron chi connectivity index (χ0n) is 32.2. The highest BCUT2D eigenvalue weighted by Crippen LogP contribution is 2.42. The van der Waals surface area contributed by atoms with Gasteiger partial charge in [0.05, 0.1) is 0 Å². The normalized spacial score (nSPS) is 13.7. The first kappa shape index (κ1) is 34.5. The fraction of sp³-hybridized carbons (Fsp3) is 0.0364. The van der Waals surface area contributed by atoms with Crippen molar-refractivity contribution < 1.29 is 4.42 Å². The lowest BCUT2D eigenvalue weighted by atomic mass is 9.91. The highest BCUT2D eigenvalue weighted by molar-refractivity contribution is 6.17. The third-order valence-corrected chi connectivity index (χ3v) is 11.5. The van der Waals surface area contributed by atoms with Crippen LogP contribution in [0.1, 0.15) is 17.9 Å². The van der Waals surface area contributed by atoms with E-state index in [-0.39, 0.29) is 0 Å². The summed E-state index contributed by atoms with van der Waals surface area (Å²) < 4.78 is 6.58. The van der Waals surface area contributed by atoms with E-state index in [1.807, 2.05) is 48.5 Å². The van der Waals surface area contributed by atoms with Crippen molar-refractivity contribution in [2.75, 3.05) is 0 Å². The van der Waals surface area contributed by atoms with Gasteiger partial charge in [-0.05, 0) is 80.4 Å². The van der Waals surface area contributed by atoms with Crippen molar-refractivity contribution in [3.8, 4) is 67.5 Å². The predicted octanol–water partition coefficient (Wildman–Crippen LogP) is 14.5. The van der Waals surface area contributed by atoms with Crippen LogP contribution in [0.2, 0.25) is 0 Å². The summed E-state index contributed by atoms with van der Waals surface area (Å²) in [5, 5.41) is 4.39. The van der Waals surface area contributed by atoms with Crippen LogP contribution < -0.4 is 0 Å². The summed E-state index contributed by atoms with van der Waals surface area (Å²) in [7, 11) is 0. The van der Waals surface area contributed by atoms with Gasteiger partial charge in [-0.3, -0.25) is 0 Å². The minimum absolute atomic E-state index is 0.429. The first-order valence-corrected chi connectivity index (χ1v) is 20.1. The van der Waals surface area contributed by atoms with Crippen molar-refractivity contribution in [1.29, 1.82) is 0 Å². The van der Waals surface area contributed by atoms with Gasteiger partial charge in [-0.1, -0.05) is 182 Å². The molecule has 4 nitrogen and oxygen atoms in total. The van der Waals surface area contributed by atoms with Crippen LogP contribution in [-0.2, 0) is 0 Å². The Labute approximate surface area is 342 Å². The molecule has 0 amide bonds. The van der Waals surface area contributed by atoms with E-state index in [1.165, 1.54) is 33.0 Å². The second-order valence-corrected chi connectivity index (χ2v) is 15.1. The SMILES string of the molecule is C1=CCC(c2ccc(-c3ccc(-c4nc(-c5ccccc5)nc(-c5cccc6oc7cccc(-c8ccc9cc(-c%10ccccc%10)ccc9c8)c7c56)n4)cc3)cc2)C=C1. The zero-order chi connectivity index (χ0) is 39.1. The quantitative estimate of drug-likeness (QED) is 0.163. The van der Waals surface area contributed by atoms with Crippen molar-refractivity contribution >= 4 is 32.7 Å². The molecule has 1 aliphatic carbocycles. The molecule has 0 saturated carbocycles. The van der Waals surface area contributed by atoms with Crippen molar-refractivity contribution in [2.45, 2.75) is 12.3 Å². The molecule has 1 aliphatic rings. The standard InChI is InChI=1S/C55H37N3O/c1-4-12-36(13-5-1)38-22-24-39(25-23-38)40-26-28-42(29-27-40)54-56-53(41-16-8-3-9-17-41)57-55(58-54)48-19-11-21-50-52(48)51-47(18-10-20-49(51)59-50)46-33-32-44-34-43(30-31-45(44)35-46)37-14-6-2-7-15-37/h1-12,14-36H,13H2. The average molecular weight is 756 g/mol. The van der Waals surface area contributed by atoms with Crippen molar-refractivity contribution in [3.05, 3.63) is 212 Å². The molecule has 0 radical (unpaired) electrons. The van der Waals surface area contributed by atoms with Gasteiger partial charge in [0, 0.05) is 33.4 Å². The van der Waals surface area contributed by atoms with Gasteiger partial charge in [-0.15, -0.1) is 0 Å². The van der Waals surface area contributed by atoms with Gasteiger partial charge in [-0.25, -0.2) is 15.0 Å². The smallest absolute Gasteiger partial charge is 0.164 e. The Hall–Kier alpha value is -7.69. The third-order valence-electron chi connectivity index (χ3n) is 11.5. The van der Waals surface area contributed by atoms with E-state index in [9.17, 15) is 0 Å². The van der Waals surface area contributed by atoms with Crippen LogP contribution in [0.25, 0.3) is 100 Å². The van der Waals surface area contributed by atoms with Gasteiger partial charge in [0.2, 0.25) is 0 Å². The van der Waals surface area contributed by atoms with Crippen LogP contribution in [0.3, 0.4) is 0 Å². The fourth-order valence-corrected chi connectivity index (χ4v) is 8.42. The molecule has 1 unspecified atom stereocenters. The molecule has 8 aromatic carbocycles. The topological polar surface area (TPSA) is 51.8 Å². The number of allylic oxidation sites excluding steroid dienone is 4. The van der Waals surface area contributed by atoms with Gasteiger partial charge in [-0.2, -0.15) is 0 Å². The Morgan fingerprint density at radius 3 is 1.56 bits per heavy atom. The van der Waals surface area contributed by atoms with Gasteiger partial charge >= 0.3 is 0 Å². The summed E-state index contributed by atoms with van der Waals surface area (Å²) in [5.41, 5.74) is 12.6. The van der Waals surface area contributed by atoms with E-state index >= 15 is 0 Å². The van der Waals surface area contributed by atoms with Crippen molar-refractivity contribution in [3.63, 3.8) is 0 Å². The zero-order valence-corrected chi connectivity index (χ0v) is 32.2. The Morgan fingerprint density at radius 1 is 0.390 bits per heavy atom. The highest BCUT2D eigenvalue weighted by atomic mass is 16.3. The van der Waals surface area contributed by atoms with E-state index in [0.29, 0.717) is 23.4 Å². The Kier molecular flexibility index (Phi) is 8.59. The van der Waals surface area contributed by atoms with E-state index in [2.05, 4.69) is 158 Å². The predicted molar refractivity (Wildman–Crippen MR) is 243 cm³/mol. The van der Waals surface area contributed by atoms with Crippen LogP contribution in [0.4, 0.5) is 0 Å². The lowest BCUT2D eigenvalue weighted by molar-refractivity contribution is 0.669. The number of benzene rings is 8. The first-order valence-electron chi connectivity index (χ1n) is 20.1. The van der Waals surface area contributed by atoms with Crippen LogP contribution in [0, 0.1) is 0 Å². The monoisotopic (exact) mass is 755 g/mol. The Balaban J connectivity index is 1.01. The summed E-state index contributed by atoms with van der Waals surface area (Å²) in [6.45, 7) is 0. The van der Waals surface area contributed by atoms with Crippen LogP contribution in [-0.4, -0.2) is 15.0 Å². The fourth-order valence-electron chi connectivity index (χ4n) is 8.42. The van der Waals surface area contributed by atoms with Crippen LogP contribution in [0.15, 0.2) is 211 Å². The number of hydrogen-bond donors (Lipinski definition) is 0. The summed E-state index contributed by atoms with van der Waals surface area (Å²) in [5.74, 6) is 2.25. The average Bonchev–Trinajstić information content (AvgIpc) is 3.71. The molecule has 0 bridgehead atoms. The van der Waals surface area contributed by atoms with E-state index in [1.54, 1.807) is 0 Å². The minimum atomic E-state index is 0.429. The second kappa shape index (κ2) is 14.7. The van der Waals surface area contributed by atoms with Gasteiger partial charge in [0.25, 0.3) is 0 Å². The molecule has 1 atom stereocenters. The number of rotatable bonds is 7. The molecule has 59 heavy (non-hydrogen) atoms. The van der Waals surface area contributed by atoms with E-state index in [0.717, 1.165) is 61.7 Å². The molecule has 10 aromatic rings. The molecule has 2 heterocycles. The highest BCUT2D eigenvalue weighted by Gasteiger charge is 2.20. The molecule has 0 aliphatic heterocycles. The summed E-state index contributed by atoms with van der Waals surface area (Å²) in [6, 6.07) is 64.0. The van der Waals surface area contributed by atoms with Crippen molar-refractivity contribution in [2.24, 2.45) is 0 Å².